The summed E-state index contributed by atoms with van der Waals surface area (Å²) in [6.07, 6.45) is 2.35. The van der Waals surface area contributed by atoms with Gasteiger partial charge in [0.1, 0.15) is 13.1 Å². The van der Waals surface area contributed by atoms with E-state index in [1.807, 2.05) is 41.5 Å². The SMILES string of the molecule is CCN1CC(=O)N(C(C)(C)CCC(O)CCCC(O)CCC(C)(C)N2C(=O)CN(CC)C2=O)C1=O. The highest BCUT2D eigenvalue weighted by Crippen LogP contribution is 2.29. The van der Waals surface area contributed by atoms with Gasteiger partial charge in [0, 0.05) is 24.2 Å². The molecule has 2 atom stereocenters. The number of aliphatic hydroxyl groups is 2. The number of imide groups is 2. The molecule has 10 heteroatoms. The van der Waals surface area contributed by atoms with E-state index in [1.54, 1.807) is 0 Å². The van der Waals surface area contributed by atoms with E-state index in [4.69, 9.17) is 0 Å². The first-order valence-electron chi connectivity index (χ1n) is 12.8. The number of carbonyl (C=O) groups excluding carboxylic acids is 4. The fraction of sp³-hybridized carbons (Fsp3) is 0.840. The zero-order chi connectivity index (χ0) is 26.6. The molecule has 35 heavy (non-hydrogen) atoms. The van der Waals surface area contributed by atoms with Crippen molar-refractivity contribution in [2.45, 2.75) is 110 Å². The minimum atomic E-state index is -0.679. The second-order valence-electron chi connectivity index (χ2n) is 11.0. The maximum Gasteiger partial charge on any atom is 0.327 e. The van der Waals surface area contributed by atoms with Crippen LogP contribution in [0, 0.1) is 0 Å². The van der Waals surface area contributed by atoms with Gasteiger partial charge in [-0.15, -0.1) is 0 Å². The van der Waals surface area contributed by atoms with E-state index in [0.717, 1.165) is 0 Å². The van der Waals surface area contributed by atoms with Gasteiger partial charge in [0.05, 0.1) is 12.2 Å². The monoisotopic (exact) mass is 496 g/mol. The van der Waals surface area contributed by atoms with Crippen LogP contribution >= 0.6 is 0 Å². The Morgan fingerprint density at radius 3 is 1.31 bits per heavy atom. The van der Waals surface area contributed by atoms with Gasteiger partial charge in [-0.3, -0.25) is 19.4 Å². The van der Waals surface area contributed by atoms with Gasteiger partial charge in [0.25, 0.3) is 11.8 Å². The summed E-state index contributed by atoms with van der Waals surface area (Å²) in [5, 5.41) is 20.9. The smallest absolute Gasteiger partial charge is 0.327 e. The van der Waals surface area contributed by atoms with E-state index in [2.05, 4.69) is 0 Å². The maximum absolute atomic E-state index is 12.5. The average Bonchev–Trinajstić information content (AvgIpc) is 3.24. The Bertz CT molecular complexity index is 735. The minimum Gasteiger partial charge on any atom is -0.393 e. The summed E-state index contributed by atoms with van der Waals surface area (Å²) in [5.41, 5.74) is -1.36. The number of hydrogen-bond donors (Lipinski definition) is 2. The van der Waals surface area contributed by atoms with Gasteiger partial charge in [-0.1, -0.05) is 0 Å². The molecule has 0 spiro atoms. The van der Waals surface area contributed by atoms with Crippen LogP contribution in [0.4, 0.5) is 9.59 Å². The third-order valence-electron chi connectivity index (χ3n) is 7.30. The standard InChI is InChI=1S/C25H44N4O6/c1-7-26-16-20(32)28(22(26)34)24(3,4)14-12-18(30)10-9-11-19(31)13-15-25(5,6)29-21(33)17-27(8-2)23(29)35/h18-19,30-31H,7-17H2,1-6H3. The van der Waals surface area contributed by atoms with Crippen LogP contribution in [0.2, 0.25) is 0 Å². The van der Waals surface area contributed by atoms with Crippen LogP contribution < -0.4 is 0 Å². The number of hydrogen-bond acceptors (Lipinski definition) is 6. The topological polar surface area (TPSA) is 122 Å². The Morgan fingerprint density at radius 2 is 1.03 bits per heavy atom. The van der Waals surface area contributed by atoms with Gasteiger partial charge in [0.2, 0.25) is 0 Å². The number of rotatable bonds is 14. The van der Waals surface area contributed by atoms with Crippen LogP contribution in [-0.2, 0) is 9.59 Å². The molecule has 6 amide bonds. The molecular weight excluding hydrogens is 452 g/mol. The second kappa shape index (κ2) is 11.7. The van der Waals surface area contributed by atoms with Gasteiger partial charge in [-0.25, -0.2) is 9.59 Å². The molecule has 0 radical (unpaired) electrons. The predicted octanol–water partition coefficient (Wildman–Crippen LogP) is 2.56. The van der Waals surface area contributed by atoms with E-state index in [9.17, 15) is 29.4 Å². The molecule has 2 fully saturated rings. The number of carbonyl (C=O) groups is 4. The molecule has 2 unspecified atom stereocenters. The average molecular weight is 497 g/mol. The van der Waals surface area contributed by atoms with Gasteiger partial charge < -0.3 is 20.0 Å². The van der Waals surface area contributed by atoms with Crippen molar-refractivity contribution in [1.29, 1.82) is 0 Å². The molecule has 0 aromatic rings. The summed E-state index contributed by atoms with van der Waals surface area (Å²) in [7, 11) is 0. The summed E-state index contributed by atoms with van der Waals surface area (Å²) in [4.78, 5) is 55.2. The quantitative estimate of drug-likeness (QED) is 0.357. The van der Waals surface area contributed by atoms with Crippen LogP contribution in [0.3, 0.4) is 0 Å². The van der Waals surface area contributed by atoms with E-state index in [1.165, 1.54) is 19.6 Å². The summed E-state index contributed by atoms with van der Waals surface area (Å²) >= 11 is 0. The normalized spacial score (nSPS) is 19.4. The van der Waals surface area contributed by atoms with E-state index < -0.39 is 23.3 Å². The number of nitrogens with zero attached hydrogens (tertiary/aromatic N) is 4. The van der Waals surface area contributed by atoms with Crippen molar-refractivity contribution in [3.8, 4) is 0 Å². The Morgan fingerprint density at radius 1 is 0.686 bits per heavy atom. The summed E-state index contributed by atoms with van der Waals surface area (Å²) in [5.74, 6) is -0.413. The molecule has 2 heterocycles. The highest BCUT2D eigenvalue weighted by molar-refractivity contribution is 6.03. The number of amides is 6. The fourth-order valence-corrected chi connectivity index (χ4v) is 4.93. The molecule has 2 saturated heterocycles. The van der Waals surface area contributed by atoms with Gasteiger partial charge in [-0.05, 0) is 86.5 Å². The molecule has 0 bridgehead atoms. The van der Waals surface area contributed by atoms with Crippen LogP contribution in [0.15, 0.2) is 0 Å². The highest BCUT2D eigenvalue weighted by atomic mass is 16.3. The lowest BCUT2D eigenvalue weighted by Gasteiger charge is -2.34. The fourth-order valence-electron chi connectivity index (χ4n) is 4.93. The first-order chi connectivity index (χ1) is 16.2. The van der Waals surface area contributed by atoms with Crippen LogP contribution in [0.25, 0.3) is 0 Å². The molecule has 0 aromatic carbocycles. The molecule has 10 nitrogen and oxygen atoms in total. The van der Waals surface area contributed by atoms with Crippen LogP contribution in [-0.4, -0.2) is 103 Å². The highest BCUT2D eigenvalue weighted by Gasteiger charge is 2.45. The van der Waals surface area contributed by atoms with Crippen molar-refractivity contribution in [1.82, 2.24) is 19.6 Å². The molecule has 0 saturated carbocycles. The van der Waals surface area contributed by atoms with Crippen molar-refractivity contribution in [2.24, 2.45) is 0 Å². The van der Waals surface area contributed by atoms with Crippen molar-refractivity contribution in [3.63, 3.8) is 0 Å². The molecule has 0 aliphatic carbocycles. The number of urea groups is 2. The lowest BCUT2D eigenvalue weighted by molar-refractivity contribution is -0.130. The third-order valence-corrected chi connectivity index (χ3v) is 7.30. The Kier molecular flexibility index (Phi) is 9.70. The summed E-state index contributed by atoms with van der Waals surface area (Å²) in [6, 6.07) is -0.550. The summed E-state index contributed by atoms with van der Waals surface area (Å²) < 4.78 is 0. The molecule has 0 aromatic heterocycles. The zero-order valence-corrected chi connectivity index (χ0v) is 22.2. The van der Waals surface area contributed by atoms with E-state index >= 15 is 0 Å². The number of aliphatic hydroxyl groups excluding tert-OH is 2. The van der Waals surface area contributed by atoms with E-state index in [0.29, 0.717) is 58.0 Å². The molecule has 2 aliphatic heterocycles. The van der Waals surface area contributed by atoms with Gasteiger partial charge in [-0.2, -0.15) is 0 Å². The predicted molar refractivity (Wildman–Crippen MR) is 131 cm³/mol. The molecule has 2 aliphatic rings. The third kappa shape index (κ3) is 6.94. The van der Waals surface area contributed by atoms with Crippen molar-refractivity contribution < 1.29 is 29.4 Å². The van der Waals surface area contributed by atoms with Crippen molar-refractivity contribution >= 4 is 23.9 Å². The molecule has 2 rings (SSSR count). The van der Waals surface area contributed by atoms with Gasteiger partial charge >= 0.3 is 12.1 Å². The maximum atomic E-state index is 12.5. The van der Waals surface area contributed by atoms with Crippen molar-refractivity contribution in [3.05, 3.63) is 0 Å². The van der Waals surface area contributed by atoms with Crippen LogP contribution in [0.1, 0.15) is 86.5 Å². The molecular formula is C25H44N4O6. The van der Waals surface area contributed by atoms with E-state index in [-0.39, 0.29) is 37.0 Å². The number of likely N-dealkylation sites (N-methyl/N-ethyl adjacent to an activating group) is 2. The zero-order valence-electron chi connectivity index (χ0n) is 22.2. The lowest BCUT2D eigenvalue weighted by atomic mass is 9.91. The van der Waals surface area contributed by atoms with Crippen LogP contribution in [0.5, 0.6) is 0 Å². The van der Waals surface area contributed by atoms with Crippen molar-refractivity contribution in [2.75, 3.05) is 26.2 Å². The Balaban J connectivity index is 1.73. The largest absolute Gasteiger partial charge is 0.393 e. The Labute approximate surface area is 209 Å². The first kappa shape index (κ1) is 29.0. The molecule has 200 valence electrons. The first-order valence-corrected chi connectivity index (χ1v) is 12.8. The summed E-state index contributed by atoms with van der Waals surface area (Å²) in [6.45, 7) is 12.2. The lowest BCUT2D eigenvalue weighted by Crippen LogP contribution is -2.48. The minimum absolute atomic E-state index is 0.104. The Hall–Kier alpha value is -2.20. The van der Waals surface area contributed by atoms with Gasteiger partial charge in [0.15, 0.2) is 0 Å². The molecule has 2 N–H and O–H groups in total. The second-order valence-corrected chi connectivity index (χ2v) is 11.0.